The van der Waals surface area contributed by atoms with Gasteiger partial charge in [0.15, 0.2) is 0 Å². The van der Waals surface area contributed by atoms with Crippen molar-refractivity contribution in [1.29, 1.82) is 0 Å². The van der Waals surface area contributed by atoms with Crippen molar-refractivity contribution in [3.8, 4) is 11.5 Å². The number of non-ortho nitro benzene ring substituents is 2. The number of phenolic OH excluding ortho intramolecular Hbond substituents is 2. The third kappa shape index (κ3) is 6.11. The van der Waals surface area contributed by atoms with Gasteiger partial charge in [0.05, 0.1) is 19.6 Å². The molecule has 0 heterocycles. The van der Waals surface area contributed by atoms with Crippen LogP contribution in [0, 0.1) is 20.2 Å². The van der Waals surface area contributed by atoms with Crippen LogP contribution in [0.4, 0.5) is 22.7 Å². The van der Waals surface area contributed by atoms with Crippen LogP contribution in [0.1, 0.15) is 11.1 Å². The molecule has 0 unspecified atom stereocenters. The second-order valence-electron chi connectivity index (χ2n) is 8.02. The highest BCUT2D eigenvalue weighted by Crippen LogP contribution is 2.35. The first-order chi connectivity index (χ1) is 18.5. The molecular weight excluding hydrogens is 528 g/mol. The molecule has 4 aromatic carbocycles. The number of rotatable bonds is 8. The first kappa shape index (κ1) is 26.6. The van der Waals surface area contributed by atoms with Crippen molar-refractivity contribution in [2.24, 2.45) is 9.98 Å². The number of hydrogen-bond donors (Lipinski definition) is 2. The summed E-state index contributed by atoms with van der Waals surface area (Å²) in [5.41, 5.74) is 0.667. The second-order valence-corrected chi connectivity index (χ2v) is 9.97. The number of aromatic hydroxyl groups is 2. The van der Waals surface area contributed by atoms with Crippen molar-refractivity contribution in [1.82, 2.24) is 0 Å². The fourth-order valence-corrected chi connectivity index (χ4v) is 4.64. The summed E-state index contributed by atoms with van der Waals surface area (Å²) in [6, 6.07) is 18.0. The van der Waals surface area contributed by atoms with Crippen LogP contribution in [-0.2, 0) is 9.84 Å². The van der Waals surface area contributed by atoms with E-state index < -0.39 is 19.7 Å². The molecule has 0 saturated carbocycles. The summed E-state index contributed by atoms with van der Waals surface area (Å²) in [5, 5.41) is 42.0. The zero-order valence-corrected chi connectivity index (χ0v) is 20.6. The van der Waals surface area contributed by atoms with Crippen molar-refractivity contribution in [2.75, 3.05) is 0 Å². The first-order valence-corrected chi connectivity index (χ1v) is 12.5. The van der Waals surface area contributed by atoms with Gasteiger partial charge >= 0.3 is 0 Å². The first-order valence-electron chi connectivity index (χ1n) is 11.0. The van der Waals surface area contributed by atoms with Gasteiger partial charge in [-0.25, -0.2) is 8.42 Å². The van der Waals surface area contributed by atoms with Crippen molar-refractivity contribution in [2.45, 2.75) is 9.79 Å². The normalized spacial score (nSPS) is 11.7. The Morgan fingerprint density at radius 3 is 1.31 bits per heavy atom. The van der Waals surface area contributed by atoms with Gasteiger partial charge in [0, 0.05) is 36.7 Å². The summed E-state index contributed by atoms with van der Waals surface area (Å²) in [7, 11) is -4.13. The number of benzene rings is 4. The van der Waals surface area contributed by atoms with Crippen LogP contribution >= 0.6 is 0 Å². The van der Waals surface area contributed by atoms with Crippen molar-refractivity contribution in [3.63, 3.8) is 0 Å². The van der Waals surface area contributed by atoms with Gasteiger partial charge in [-0.05, 0) is 71.8 Å². The van der Waals surface area contributed by atoms with Gasteiger partial charge in [0.25, 0.3) is 11.4 Å². The summed E-state index contributed by atoms with van der Waals surface area (Å²) in [6.07, 6.45) is 2.64. The second kappa shape index (κ2) is 10.9. The van der Waals surface area contributed by atoms with Gasteiger partial charge in [-0.15, -0.1) is 0 Å². The van der Waals surface area contributed by atoms with Crippen LogP contribution in [0.25, 0.3) is 0 Å². The molecule has 13 heteroatoms. The molecule has 0 radical (unpaired) electrons. The molecule has 0 aromatic heterocycles. The van der Waals surface area contributed by atoms with E-state index >= 15 is 0 Å². The summed E-state index contributed by atoms with van der Waals surface area (Å²) < 4.78 is 26.6. The summed E-state index contributed by atoms with van der Waals surface area (Å²) >= 11 is 0. The van der Waals surface area contributed by atoms with Gasteiger partial charge in [-0.2, -0.15) is 0 Å². The predicted octanol–water partition coefficient (Wildman–Crippen LogP) is 5.25. The number of nitro benzene ring substituents is 2. The molecule has 2 N–H and O–H groups in total. The fourth-order valence-electron chi connectivity index (χ4n) is 3.34. The standard InChI is InChI=1S/C26H18N4O8S/c31-25-11-9-21(13-23(25)27-15-17-1-5-19(6-2-17)29(33)34)39(37,38)22-10-12-26(32)24(14-22)28-16-18-3-7-20(8-4-18)30(35)36/h1-16,31-32H. The highest BCUT2D eigenvalue weighted by molar-refractivity contribution is 7.91. The molecule has 0 bridgehead atoms. The smallest absolute Gasteiger partial charge is 0.269 e. The monoisotopic (exact) mass is 546 g/mol. The van der Waals surface area contributed by atoms with Crippen molar-refractivity contribution < 1.29 is 28.5 Å². The average Bonchev–Trinajstić information content (AvgIpc) is 2.92. The van der Waals surface area contributed by atoms with E-state index in [1.807, 2.05) is 0 Å². The van der Waals surface area contributed by atoms with Crippen LogP contribution in [-0.4, -0.2) is 40.9 Å². The number of hydrogen-bond acceptors (Lipinski definition) is 10. The van der Waals surface area contributed by atoms with Crippen LogP contribution < -0.4 is 0 Å². The molecule has 0 aliphatic rings. The van der Waals surface area contributed by atoms with Gasteiger partial charge < -0.3 is 10.2 Å². The molecule has 0 atom stereocenters. The minimum atomic E-state index is -4.13. The van der Waals surface area contributed by atoms with E-state index in [4.69, 9.17) is 0 Å². The average molecular weight is 547 g/mol. The van der Waals surface area contributed by atoms with Gasteiger partial charge in [0.1, 0.15) is 22.9 Å². The molecule has 4 rings (SSSR count). The number of aliphatic imine (C=N–C) groups is 2. The van der Waals surface area contributed by atoms with E-state index in [1.165, 1.54) is 97.4 Å². The maximum atomic E-state index is 13.3. The number of sulfone groups is 1. The molecule has 0 amide bonds. The number of phenols is 2. The molecule has 39 heavy (non-hydrogen) atoms. The Bertz CT molecular complexity index is 1610. The van der Waals surface area contributed by atoms with E-state index in [2.05, 4.69) is 9.98 Å². The van der Waals surface area contributed by atoms with Gasteiger partial charge in [-0.3, -0.25) is 30.2 Å². The van der Waals surface area contributed by atoms with E-state index in [9.17, 15) is 38.9 Å². The molecule has 12 nitrogen and oxygen atoms in total. The van der Waals surface area contributed by atoms with E-state index in [-0.39, 0.29) is 44.0 Å². The lowest BCUT2D eigenvalue weighted by Gasteiger charge is -2.08. The van der Waals surface area contributed by atoms with Crippen LogP contribution in [0.3, 0.4) is 0 Å². The highest BCUT2D eigenvalue weighted by atomic mass is 32.2. The van der Waals surface area contributed by atoms with E-state index in [0.717, 1.165) is 0 Å². The quantitative estimate of drug-likeness (QED) is 0.170. The topological polar surface area (TPSA) is 186 Å². The van der Waals surface area contributed by atoms with E-state index in [1.54, 1.807) is 0 Å². The molecule has 196 valence electrons. The van der Waals surface area contributed by atoms with Gasteiger partial charge in [-0.1, -0.05) is 0 Å². The Kier molecular flexibility index (Phi) is 7.44. The lowest BCUT2D eigenvalue weighted by molar-refractivity contribution is -0.385. The summed E-state index contributed by atoms with van der Waals surface area (Å²) in [6.45, 7) is 0. The maximum Gasteiger partial charge on any atom is 0.269 e. The zero-order valence-electron chi connectivity index (χ0n) is 19.8. The van der Waals surface area contributed by atoms with Gasteiger partial charge in [0.2, 0.25) is 9.84 Å². The Morgan fingerprint density at radius 1 is 0.615 bits per heavy atom. The Labute approximate surface area is 221 Å². The SMILES string of the molecule is O=[N+]([O-])c1ccc(C=Nc2cc(S(=O)(=O)c3ccc(O)c(N=Cc4ccc([N+](=O)[O-])cc4)c3)ccc2O)cc1. The van der Waals surface area contributed by atoms with Crippen LogP contribution in [0.2, 0.25) is 0 Å². The number of nitro groups is 2. The highest BCUT2D eigenvalue weighted by Gasteiger charge is 2.20. The minimum absolute atomic E-state index is 0.0513. The summed E-state index contributed by atoms with van der Waals surface area (Å²) in [5.74, 6) is -0.572. The lowest BCUT2D eigenvalue weighted by atomic mass is 10.2. The van der Waals surface area contributed by atoms with Crippen molar-refractivity contribution >= 4 is 45.0 Å². The summed E-state index contributed by atoms with van der Waals surface area (Å²) in [4.78, 5) is 28.4. The third-order valence-electron chi connectivity index (χ3n) is 5.43. The number of nitrogens with zero attached hydrogens (tertiary/aromatic N) is 4. The zero-order chi connectivity index (χ0) is 28.2. The van der Waals surface area contributed by atoms with E-state index in [0.29, 0.717) is 11.1 Å². The maximum absolute atomic E-state index is 13.3. The van der Waals surface area contributed by atoms with Crippen molar-refractivity contribution in [3.05, 3.63) is 116 Å². The molecule has 0 aliphatic heterocycles. The molecule has 0 fully saturated rings. The van der Waals surface area contributed by atoms with Crippen LogP contribution in [0.5, 0.6) is 11.5 Å². The predicted molar refractivity (Wildman–Crippen MR) is 142 cm³/mol. The molecule has 0 saturated heterocycles. The third-order valence-corrected chi connectivity index (χ3v) is 7.18. The Morgan fingerprint density at radius 2 is 0.974 bits per heavy atom. The van der Waals surface area contributed by atoms with Crippen LogP contribution in [0.15, 0.2) is 105 Å². The fraction of sp³-hybridized carbons (Fsp3) is 0. The Balaban J connectivity index is 1.61. The largest absolute Gasteiger partial charge is 0.506 e. The minimum Gasteiger partial charge on any atom is -0.506 e. The molecule has 0 aliphatic carbocycles. The lowest BCUT2D eigenvalue weighted by Crippen LogP contribution is -2.01. The molecule has 0 spiro atoms. The molecular formula is C26H18N4O8S. The Hall–Kier alpha value is -5.43. The molecule has 4 aromatic rings.